The van der Waals surface area contributed by atoms with E-state index in [0.717, 1.165) is 67.1 Å². The molecule has 3 rings (SSSR count). The van der Waals surface area contributed by atoms with Crippen molar-refractivity contribution in [2.75, 3.05) is 43.4 Å². The predicted octanol–water partition coefficient (Wildman–Crippen LogP) is 2.44. The van der Waals surface area contributed by atoms with Gasteiger partial charge in [-0.15, -0.1) is 0 Å². The lowest BCUT2D eigenvalue weighted by molar-refractivity contribution is 0.249. The molecule has 1 aliphatic rings. The zero-order chi connectivity index (χ0) is 18.0. The summed E-state index contributed by atoms with van der Waals surface area (Å²) in [6, 6.07) is 0. The molecule has 1 fully saturated rings. The standard InChI is InChI=1S/C16H23Cl2N7/c1-4-12-11(15(18)23(3)22-12)9-24-5-7-25(8-6-24)16-13(19-2)14(17)20-10-21-16/h10,19H,4-9H2,1-3H3. The Morgan fingerprint density at radius 3 is 2.52 bits per heavy atom. The number of hydrogen-bond acceptors (Lipinski definition) is 6. The summed E-state index contributed by atoms with van der Waals surface area (Å²) in [6.45, 7) is 6.55. The summed E-state index contributed by atoms with van der Waals surface area (Å²) >= 11 is 12.6. The number of nitrogens with one attached hydrogen (secondary N) is 1. The average molecular weight is 384 g/mol. The number of halogens is 2. The normalized spacial score (nSPS) is 15.6. The molecule has 0 aliphatic carbocycles. The van der Waals surface area contributed by atoms with Gasteiger partial charge in [-0.2, -0.15) is 5.10 Å². The maximum absolute atomic E-state index is 6.42. The van der Waals surface area contributed by atoms with E-state index in [1.54, 1.807) is 4.68 Å². The van der Waals surface area contributed by atoms with Gasteiger partial charge in [-0.05, 0) is 6.42 Å². The highest BCUT2D eigenvalue weighted by molar-refractivity contribution is 6.32. The number of hydrogen-bond donors (Lipinski definition) is 1. The first-order valence-corrected chi connectivity index (χ1v) is 9.16. The maximum Gasteiger partial charge on any atom is 0.157 e. The second-order valence-corrected chi connectivity index (χ2v) is 6.79. The van der Waals surface area contributed by atoms with Crippen LogP contribution in [0.2, 0.25) is 10.3 Å². The van der Waals surface area contributed by atoms with E-state index in [-0.39, 0.29) is 0 Å². The van der Waals surface area contributed by atoms with Crippen LogP contribution in [0.15, 0.2) is 6.33 Å². The minimum atomic E-state index is 0.449. The fourth-order valence-corrected chi connectivity index (χ4v) is 3.62. The van der Waals surface area contributed by atoms with Gasteiger partial charge in [-0.1, -0.05) is 30.1 Å². The topological polar surface area (TPSA) is 62.1 Å². The summed E-state index contributed by atoms with van der Waals surface area (Å²) in [7, 11) is 3.72. The van der Waals surface area contributed by atoms with Gasteiger partial charge >= 0.3 is 0 Å². The van der Waals surface area contributed by atoms with Crippen LogP contribution < -0.4 is 10.2 Å². The van der Waals surface area contributed by atoms with Gasteiger partial charge in [0.25, 0.3) is 0 Å². The molecule has 0 radical (unpaired) electrons. The van der Waals surface area contributed by atoms with Crippen molar-refractivity contribution in [1.29, 1.82) is 0 Å². The van der Waals surface area contributed by atoms with Crippen LogP contribution in [0.25, 0.3) is 0 Å². The molecular weight excluding hydrogens is 361 g/mol. The minimum absolute atomic E-state index is 0.449. The molecule has 0 saturated carbocycles. The van der Waals surface area contributed by atoms with Crippen LogP contribution in [0.3, 0.4) is 0 Å². The number of rotatable bonds is 5. The van der Waals surface area contributed by atoms with Gasteiger partial charge in [-0.3, -0.25) is 9.58 Å². The van der Waals surface area contributed by atoms with Crippen molar-refractivity contribution in [1.82, 2.24) is 24.6 Å². The summed E-state index contributed by atoms with van der Waals surface area (Å²) in [4.78, 5) is 13.1. The highest BCUT2D eigenvalue weighted by Gasteiger charge is 2.23. The molecule has 9 heteroatoms. The highest BCUT2D eigenvalue weighted by Crippen LogP contribution is 2.30. The SMILES string of the molecule is CCc1nn(C)c(Cl)c1CN1CCN(c2ncnc(Cl)c2NC)CC1. The quantitative estimate of drug-likeness (QED) is 0.800. The van der Waals surface area contributed by atoms with Gasteiger partial charge in [0.15, 0.2) is 11.0 Å². The van der Waals surface area contributed by atoms with Gasteiger partial charge in [0, 0.05) is 52.4 Å². The lowest BCUT2D eigenvalue weighted by Gasteiger charge is -2.36. The smallest absolute Gasteiger partial charge is 0.157 e. The lowest BCUT2D eigenvalue weighted by atomic mass is 10.2. The Morgan fingerprint density at radius 1 is 1.16 bits per heavy atom. The third kappa shape index (κ3) is 3.68. The van der Waals surface area contributed by atoms with E-state index in [4.69, 9.17) is 23.2 Å². The molecule has 0 atom stereocenters. The van der Waals surface area contributed by atoms with Gasteiger partial charge in [0.1, 0.15) is 17.2 Å². The van der Waals surface area contributed by atoms with Crippen LogP contribution in [0.1, 0.15) is 18.2 Å². The summed E-state index contributed by atoms with van der Waals surface area (Å²) in [5, 5.41) is 8.78. The van der Waals surface area contributed by atoms with Crippen molar-refractivity contribution < 1.29 is 0 Å². The molecule has 1 aliphatic heterocycles. The number of piperazine rings is 1. The first-order valence-electron chi connectivity index (χ1n) is 8.40. The second kappa shape index (κ2) is 7.76. The van der Waals surface area contributed by atoms with Crippen molar-refractivity contribution in [3.63, 3.8) is 0 Å². The van der Waals surface area contributed by atoms with E-state index < -0.39 is 0 Å². The molecule has 25 heavy (non-hydrogen) atoms. The first-order chi connectivity index (χ1) is 12.0. The third-order valence-electron chi connectivity index (χ3n) is 4.57. The average Bonchev–Trinajstić information content (AvgIpc) is 2.90. The van der Waals surface area contributed by atoms with Crippen LogP contribution in [-0.4, -0.2) is 57.9 Å². The molecule has 0 aromatic carbocycles. The molecule has 0 unspecified atom stereocenters. The molecule has 0 bridgehead atoms. The Balaban J connectivity index is 1.68. The summed E-state index contributed by atoms with van der Waals surface area (Å²) in [6.07, 6.45) is 2.40. The summed E-state index contributed by atoms with van der Waals surface area (Å²) < 4.78 is 1.76. The summed E-state index contributed by atoms with van der Waals surface area (Å²) in [5.74, 6) is 0.857. The molecular formula is C16H23Cl2N7. The lowest BCUT2D eigenvalue weighted by Crippen LogP contribution is -2.46. The fraction of sp³-hybridized carbons (Fsp3) is 0.562. The largest absolute Gasteiger partial charge is 0.383 e. The molecule has 1 N–H and O–H groups in total. The van der Waals surface area contributed by atoms with Crippen LogP contribution >= 0.6 is 23.2 Å². The van der Waals surface area contributed by atoms with Crippen molar-refractivity contribution in [3.05, 3.63) is 27.9 Å². The fourth-order valence-electron chi connectivity index (χ4n) is 3.19. The van der Waals surface area contributed by atoms with Crippen molar-refractivity contribution in [2.24, 2.45) is 7.05 Å². The van der Waals surface area contributed by atoms with Crippen LogP contribution in [0, 0.1) is 0 Å². The number of aromatic nitrogens is 4. The minimum Gasteiger partial charge on any atom is -0.383 e. The Labute approximate surface area is 157 Å². The zero-order valence-corrected chi connectivity index (χ0v) is 16.3. The monoisotopic (exact) mass is 383 g/mol. The Kier molecular flexibility index (Phi) is 5.66. The number of anilines is 2. The van der Waals surface area contributed by atoms with E-state index in [2.05, 4.69) is 37.1 Å². The third-order valence-corrected chi connectivity index (χ3v) is 5.33. The molecule has 2 aromatic heterocycles. The molecule has 3 heterocycles. The Bertz CT molecular complexity index is 738. The second-order valence-electron chi connectivity index (χ2n) is 6.07. The first kappa shape index (κ1) is 18.2. The van der Waals surface area contributed by atoms with Crippen molar-refractivity contribution in [3.8, 4) is 0 Å². The predicted molar refractivity (Wildman–Crippen MR) is 102 cm³/mol. The molecule has 136 valence electrons. The van der Waals surface area contributed by atoms with Gasteiger partial charge in [-0.25, -0.2) is 9.97 Å². The number of nitrogens with zero attached hydrogens (tertiary/aromatic N) is 6. The van der Waals surface area contributed by atoms with Gasteiger partial charge < -0.3 is 10.2 Å². The van der Waals surface area contributed by atoms with Crippen LogP contribution in [0.5, 0.6) is 0 Å². The van der Waals surface area contributed by atoms with E-state index >= 15 is 0 Å². The van der Waals surface area contributed by atoms with E-state index in [0.29, 0.717) is 5.15 Å². The number of aryl methyl sites for hydroxylation is 2. The molecule has 0 amide bonds. The van der Waals surface area contributed by atoms with E-state index in [9.17, 15) is 0 Å². The van der Waals surface area contributed by atoms with Crippen molar-refractivity contribution >= 4 is 34.7 Å². The molecule has 0 spiro atoms. The van der Waals surface area contributed by atoms with Gasteiger partial charge in [0.05, 0.1) is 5.69 Å². The summed E-state index contributed by atoms with van der Waals surface area (Å²) in [5.41, 5.74) is 3.00. The van der Waals surface area contributed by atoms with E-state index in [1.807, 2.05) is 14.1 Å². The van der Waals surface area contributed by atoms with Crippen molar-refractivity contribution in [2.45, 2.75) is 19.9 Å². The maximum atomic E-state index is 6.42. The van der Waals surface area contributed by atoms with Crippen LogP contribution in [0.4, 0.5) is 11.5 Å². The zero-order valence-electron chi connectivity index (χ0n) is 14.8. The Hall–Kier alpha value is -1.57. The highest BCUT2D eigenvalue weighted by atomic mass is 35.5. The van der Waals surface area contributed by atoms with Gasteiger partial charge in [0.2, 0.25) is 0 Å². The van der Waals surface area contributed by atoms with E-state index in [1.165, 1.54) is 6.33 Å². The van der Waals surface area contributed by atoms with Crippen LogP contribution in [-0.2, 0) is 20.0 Å². The molecule has 7 nitrogen and oxygen atoms in total. The molecule has 1 saturated heterocycles. The Morgan fingerprint density at radius 2 is 1.88 bits per heavy atom. The molecule has 2 aromatic rings.